The van der Waals surface area contributed by atoms with Gasteiger partial charge in [0, 0.05) is 43.7 Å². The van der Waals surface area contributed by atoms with E-state index in [1.807, 2.05) is 48.0 Å². The normalized spacial score (nSPS) is 17.7. The minimum Gasteiger partial charge on any atom is -0.377 e. The summed E-state index contributed by atoms with van der Waals surface area (Å²) >= 11 is 0. The van der Waals surface area contributed by atoms with Crippen molar-refractivity contribution in [1.82, 2.24) is 29.8 Å². The first-order valence-corrected chi connectivity index (χ1v) is 13.9. The molecule has 0 N–H and O–H groups in total. The van der Waals surface area contributed by atoms with E-state index in [1.54, 1.807) is 6.92 Å². The fourth-order valence-electron chi connectivity index (χ4n) is 5.85. The van der Waals surface area contributed by atoms with Crippen molar-refractivity contribution in [2.45, 2.75) is 32.9 Å². The number of aromatic nitrogens is 5. The molecule has 2 aromatic carbocycles. The summed E-state index contributed by atoms with van der Waals surface area (Å²) in [4.78, 5) is 26.0. The Morgan fingerprint density at radius 2 is 1.85 bits per heavy atom. The second-order valence-electron chi connectivity index (χ2n) is 10.8. The molecule has 208 valence electrons. The van der Waals surface area contributed by atoms with E-state index in [1.165, 1.54) is 5.56 Å². The van der Waals surface area contributed by atoms with Gasteiger partial charge in [0.05, 0.1) is 48.3 Å². The first-order chi connectivity index (χ1) is 20.0. The molecule has 7 rings (SSSR count). The molecule has 1 amide bonds. The minimum atomic E-state index is 0.00823. The highest BCUT2D eigenvalue weighted by Gasteiger charge is 2.31. The Morgan fingerprint density at radius 3 is 2.61 bits per heavy atom. The van der Waals surface area contributed by atoms with Crippen LogP contribution in [0.15, 0.2) is 65.4 Å². The van der Waals surface area contributed by atoms with Crippen molar-refractivity contribution in [3.8, 4) is 22.5 Å². The lowest BCUT2D eigenvalue weighted by atomic mass is 10.0. The number of hydrogen-bond acceptors (Lipinski definition) is 8. The molecule has 0 radical (unpaired) electrons. The fraction of sp³-hybridized carbons (Fsp3) is 0.323. The minimum absolute atomic E-state index is 0.00823. The summed E-state index contributed by atoms with van der Waals surface area (Å²) in [6, 6.07) is 16.8. The molecule has 1 atom stereocenters. The predicted octanol–water partition coefficient (Wildman–Crippen LogP) is 4.75. The third kappa shape index (κ3) is 4.54. The van der Waals surface area contributed by atoms with E-state index >= 15 is 0 Å². The van der Waals surface area contributed by atoms with E-state index in [-0.39, 0.29) is 18.0 Å². The monoisotopic (exact) mass is 549 g/mol. The van der Waals surface area contributed by atoms with Crippen LogP contribution in [0.25, 0.3) is 33.4 Å². The van der Waals surface area contributed by atoms with Gasteiger partial charge < -0.3 is 19.1 Å². The van der Waals surface area contributed by atoms with Crippen LogP contribution < -0.4 is 4.90 Å². The number of hydrogen-bond donors (Lipinski definition) is 0. The molecule has 3 aromatic heterocycles. The van der Waals surface area contributed by atoms with Gasteiger partial charge in [-0.15, -0.1) is 0 Å². The number of rotatable bonds is 5. The number of aryl methyl sites for hydroxylation is 2. The lowest BCUT2D eigenvalue weighted by molar-refractivity contribution is -0.134. The molecule has 2 aliphatic heterocycles. The number of ether oxygens (including phenoxy) is 1. The summed E-state index contributed by atoms with van der Waals surface area (Å²) in [6.07, 6.45) is 3.80. The number of fused-ring (bicyclic) bond motifs is 1. The lowest BCUT2D eigenvalue weighted by Gasteiger charge is -2.38. The van der Waals surface area contributed by atoms with E-state index in [0.29, 0.717) is 38.7 Å². The highest BCUT2D eigenvalue weighted by Crippen LogP contribution is 2.37. The van der Waals surface area contributed by atoms with Crippen molar-refractivity contribution >= 4 is 22.6 Å². The van der Waals surface area contributed by atoms with Crippen LogP contribution in [0.2, 0.25) is 0 Å². The van der Waals surface area contributed by atoms with E-state index < -0.39 is 0 Å². The fourth-order valence-corrected chi connectivity index (χ4v) is 5.85. The Hall–Kier alpha value is -4.57. The van der Waals surface area contributed by atoms with Gasteiger partial charge in [0.1, 0.15) is 11.6 Å². The summed E-state index contributed by atoms with van der Waals surface area (Å²) < 4.78 is 13.4. The van der Waals surface area contributed by atoms with Gasteiger partial charge in [0.25, 0.3) is 0 Å². The summed E-state index contributed by atoms with van der Waals surface area (Å²) in [7, 11) is 0. The van der Waals surface area contributed by atoms with Crippen LogP contribution in [0.1, 0.15) is 36.0 Å². The molecule has 0 bridgehead atoms. The molecule has 10 nitrogen and oxygen atoms in total. The van der Waals surface area contributed by atoms with Gasteiger partial charge >= 0.3 is 0 Å². The van der Waals surface area contributed by atoms with Crippen LogP contribution >= 0.6 is 0 Å². The highest BCUT2D eigenvalue weighted by molar-refractivity contribution is 5.95. The van der Waals surface area contributed by atoms with E-state index in [0.717, 1.165) is 44.9 Å². The molecule has 5 heterocycles. The number of anilines is 1. The van der Waals surface area contributed by atoms with Crippen LogP contribution in [0.3, 0.4) is 0 Å². The second-order valence-corrected chi connectivity index (χ2v) is 10.8. The van der Waals surface area contributed by atoms with Crippen LogP contribution in [0.5, 0.6) is 0 Å². The Kier molecular flexibility index (Phi) is 6.27. The smallest absolute Gasteiger partial charge is 0.219 e. The number of carbonyl (C=O) groups excluding carboxylic acids is 1. The SMILES string of the molecule is CC(=O)N1CC(n2cc(-c3nc(N4CCOCC4c4ccccc4)c4cc(-c5c(C)noc5C)ccc4n3)cn2)C1. The molecule has 2 fully saturated rings. The van der Waals surface area contributed by atoms with Gasteiger partial charge in [-0.2, -0.15) is 5.10 Å². The summed E-state index contributed by atoms with van der Waals surface area (Å²) in [5, 5.41) is 9.73. The summed E-state index contributed by atoms with van der Waals surface area (Å²) in [5.41, 5.74) is 5.72. The van der Waals surface area contributed by atoms with Crippen LogP contribution in [-0.2, 0) is 9.53 Å². The largest absolute Gasteiger partial charge is 0.377 e. The quantitative estimate of drug-likeness (QED) is 0.310. The predicted molar refractivity (Wildman–Crippen MR) is 154 cm³/mol. The second kappa shape index (κ2) is 10.1. The van der Waals surface area contributed by atoms with E-state index in [4.69, 9.17) is 19.2 Å². The standard InChI is InChI=1S/C31H31N7O3/c1-19-29(20(2)41-35-19)23-9-10-27-26(13-23)31(37-11-12-40-18-28(37)22-7-5-4-6-8-22)34-30(33-27)24-14-32-38(15-24)25-16-36(17-25)21(3)39/h4-10,13-15,25,28H,11-12,16-18H2,1-3H3. The van der Waals surface area contributed by atoms with Gasteiger partial charge in [0.15, 0.2) is 5.82 Å². The van der Waals surface area contributed by atoms with Crippen molar-refractivity contribution in [3.63, 3.8) is 0 Å². The van der Waals surface area contributed by atoms with Gasteiger partial charge in [-0.1, -0.05) is 41.6 Å². The number of amides is 1. The summed E-state index contributed by atoms with van der Waals surface area (Å²) in [5.74, 6) is 2.34. The molecule has 2 aliphatic rings. The Morgan fingerprint density at radius 1 is 1.02 bits per heavy atom. The van der Waals surface area contributed by atoms with Crippen molar-refractivity contribution < 1.29 is 14.1 Å². The zero-order chi connectivity index (χ0) is 28.1. The molecular formula is C31H31N7O3. The van der Waals surface area contributed by atoms with Crippen LogP contribution in [0, 0.1) is 13.8 Å². The number of nitrogens with zero attached hydrogens (tertiary/aromatic N) is 7. The molecule has 0 saturated carbocycles. The Labute approximate surface area is 237 Å². The number of benzene rings is 2. The number of carbonyl (C=O) groups is 1. The molecule has 10 heteroatoms. The molecule has 41 heavy (non-hydrogen) atoms. The maximum Gasteiger partial charge on any atom is 0.219 e. The first-order valence-electron chi connectivity index (χ1n) is 13.9. The van der Waals surface area contributed by atoms with Crippen molar-refractivity contribution in [1.29, 1.82) is 0 Å². The molecular weight excluding hydrogens is 518 g/mol. The first kappa shape index (κ1) is 25.4. The van der Waals surface area contributed by atoms with Crippen molar-refractivity contribution in [2.75, 3.05) is 37.7 Å². The van der Waals surface area contributed by atoms with Gasteiger partial charge in [0.2, 0.25) is 5.91 Å². The molecule has 0 aliphatic carbocycles. The Balaban J connectivity index is 1.35. The topological polar surface area (TPSA) is 102 Å². The number of likely N-dealkylation sites (tertiary alicyclic amines) is 1. The van der Waals surface area contributed by atoms with Gasteiger partial charge in [-0.05, 0) is 37.1 Å². The highest BCUT2D eigenvalue weighted by atomic mass is 16.5. The van der Waals surface area contributed by atoms with Gasteiger partial charge in [-0.25, -0.2) is 9.97 Å². The average molecular weight is 550 g/mol. The van der Waals surface area contributed by atoms with Crippen LogP contribution in [0.4, 0.5) is 5.82 Å². The van der Waals surface area contributed by atoms with E-state index in [9.17, 15) is 4.79 Å². The zero-order valence-electron chi connectivity index (χ0n) is 23.3. The van der Waals surface area contributed by atoms with Crippen LogP contribution in [-0.4, -0.2) is 68.6 Å². The van der Waals surface area contributed by atoms with Gasteiger partial charge in [-0.3, -0.25) is 9.48 Å². The molecule has 0 spiro atoms. The van der Waals surface area contributed by atoms with Crippen molar-refractivity contribution in [2.24, 2.45) is 0 Å². The van der Waals surface area contributed by atoms with Crippen molar-refractivity contribution in [3.05, 3.63) is 77.9 Å². The summed E-state index contributed by atoms with van der Waals surface area (Å²) in [6.45, 7) is 8.70. The lowest BCUT2D eigenvalue weighted by Crippen LogP contribution is -2.49. The molecule has 2 saturated heterocycles. The third-order valence-corrected chi connectivity index (χ3v) is 8.12. The Bertz CT molecular complexity index is 1720. The molecule has 1 unspecified atom stereocenters. The zero-order valence-corrected chi connectivity index (χ0v) is 23.3. The third-order valence-electron chi connectivity index (χ3n) is 8.12. The molecule has 5 aromatic rings. The maximum atomic E-state index is 11.7. The average Bonchev–Trinajstić information content (AvgIpc) is 3.58. The van der Waals surface area contributed by atoms with E-state index in [2.05, 4.69) is 51.6 Å². The maximum absolute atomic E-state index is 11.7. The number of morpholine rings is 1.